The zero-order chi connectivity index (χ0) is 30.4. The molecular weight excluding hydrogens is 568 g/mol. The Bertz CT molecular complexity index is 1490. The lowest BCUT2D eigenvalue weighted by Gasteiger charge is -2.33. The molecule has 1 unspecified atom stereocenters. The molecule has 0 heterocycles. The Balaban J connectivity index is 1.93. The van der Waals surface area contributed by atoms with Crippen LogP contribution in [0.4, 0.5) is 17.1 Å². The average molecular weight is 597 g/mol. The minimum Gasteiger partial charge on any atom is -0.493 e. The predicted octanol–water partition coefficient (Wildman–Crippen LogP) is 6.01. The van der Waals surface area contributed by atoms with Crippen LogP contribution in [0.5, 0.6) is 11.5 Å². The van der Waals surface area contributed by atoms with Gasteiger partial charge in [0.15, 0.2) is 11.5 Å². The first-order chi connectivity index (χ1) is 20.1. The SMILES string of the molecule is COc1ccc(N(C(=O)c2ccc(Cl)cc2[N+](=O)[O-])C(C(=O)NC2CCCCC2)c2ccc([N+](=O)[O-])cc2)cc1OC. The molecule has 1 aliphatic rings. The number of non-ortho nitro benzene ring substituents is 1. The minimum atomic E-state index is -1.37. The van der Waals surface area contributed by atoms with E-state index in [1.54, 1.807) is 0 Å². The Morgan fingerprint density at radius 3 is 2.17 bits per heavy atom. The van der Waals surface area contributed by atoms with E-state index < -0.39 is 33.4 Å². The maximum atomic E-state index is 14.3. The third-order valence-electron chi connectivity index (χ3n) is 7.13. The molecule has 42 heavy (non-hydrogen) atoms. The molecule has 3 aromatic carbocycles. The second kappa shape index (κ2) is 13.3. The molecule has 4 rings (SSSR count). The predicted molar refractivity (Wildman–Crippen MR) is 155 cm³/mol. The zero-order valence-corrected chi connectivity index (χ0v) is 23.7. The number of carbonyl (C=O) groups excluding carboxylic acids is 2. The summed E-state index contributed by atoms with van der Waals surface area (Å²) in [6, 6.07) is 11.9. The number of carbonyl (C=O) groups is 2. The summed E-state index contributed by atoms with van der Waals surface area (Å²) < 4.78 is 10.8. The number of rotatable bonds is 10. The molecule has 220 valence electrons. The first-order valence-corrected chi connectivity index (χ1v) is 13.6. The molecule has 13 heteroatoms. The van der Waals surface area contributed by atoms with Crippen LogP contribution in [0.2, 0.25) is 5.02 Å². The van der Waals surface area contributed by atoms with Crippen molar-refractivity contribution in [3.63, 3.8) is 0 Å². The van der Waals surface area contributed by atoms with Gasteiger partial charge in [-0.05, 0) is 54.8 Å². The first-order valence-electron chi connectivity index (χ1n) is 13.2. The van der Waals surface area contributed by atoms with Crippen LogP contribution in [0.15, 0.2) is 60.7 Å². The van der Waals surface area contributed by atoms with Crippen molar-refractivity contribution >= 4 is 40.5 Å². The molecule has 0 bridgehead atoms. The highest BCUT2D eigenvalue weighted by atomic mass is 35.5. The third kappa shape index (κ3) is 6.60. The Morgan fingerprint density at radius 1 is 0.905 bits per heavy atom. The van der Waals surface area contributed by atoms with E-state index in [1.165, 1.54) is 68.8 Å². The van der Waals surface area contributed by atoms with Gasteiger partial charge in [0, 0.05) is 41.0 Å². The number of nitro groups is 2. The molecular formula is C29H29ClN4O8. The molecule has 0 aliphatic heterocycles. The number of anilines is 1. The van der Waals surface area contributed by atoms with Gasteiger partial charge in [0.1, 0.15) is 11.6 Å². The van der Waals surface area contributed by atoms with Crippen LogP contribution < -0.4 is 19.7 Å². The van der Waals surface area contributed by atoms with Gasteiger partial charge in [-0.2, -0.15) is 0 Å². The van der Waals surface area contributed by atoms with Crippen molar-refractivity contribution < 1.29 is 28.9 Å². The van der Waals surface area contributed by atoms with Gasteiger partial charge in [-0.1, -0.05) is 30.9 Å². The highest BCUT2D eigenvalue weighted by molar-refractivity contribution is 6.31. The quantitative estimate of drug-likeness (QED) is 0.220. The van der Waals surface area contributed by atoms with Crippen molar-refractivity contribution in [1.82, 2.24) is 5.32 Å². The smallest absolute Gasteiger partial charge is 0.283 e. The van der Waals surface area contributed by atoms with Crippen molar-refractivity contribution in [2.24, 2.45) is 0 Å². The van der Waals surface area contributed by atoms with E-state index in [1.807, 2.05) is 0 Å². The number of nitrogens with one attached hydrogen (secondary N) is 1. The zero-order valence-electron chi connectivity index (χ0n) is 22.9. The molecule has 1 N–H and O–H groups in total. The number of hydrogen-bond acceptors (Lipinski definition) is 8. The fourth-order valence-corrected chi connectivity index (χ4v) is 5.21. The molecule has 0 radical (unpaired) electrons. The third-order valence-corrected chi connectivity index (χ3v) is 7.36. The van der Waals surface area contributed by atoms with Crippen molar-refractivity contribution in [3.05, 3.63) is 97.0 Å². The number of hydrogen-bond donors (Lipinski definition) is 1. The highest BCUT2D eigenvalue weighted by Gasteiger charge is 2.37. The van der Waals surface area contributed by atoms with Crippen LogP contribution in [-0.2, 0) is 4.79 Å². The van der Waals surface area contributed by atoms with Gasteiger partial charge in [-0.3, -0.25) is 34.7 Å². The molecule has 1 fully saturated rings. The fourth-order valence-electron chi connectivity index (χ4n) is 5.05. The van der Waals surface area contributed by atoms with E-state index in [9.17, 15) is 29.8 Å². The second-order valence-corrected chi connectivity index (χ2v) is 10.2. The number of nitro benzene ring substituents is 2. The number of ether oxygens (including phenoxy) is 2. The monoisotopic (exact) mass is 596 g/mol. The van der Waals surface area contributed by atoms with Gasteiger partial charge >= 0.3 is 0 Å². The molecule has 1 atom stereocenters. The maximum absolute atomic E-state index is 14.3. The molecule has 0 spiro atoms. The van der Waals surface area contributed by atoms with Gasteiger partial charge in [0.05, 0.1) is 24.1 Å². The molecule has 2 amide bonds. The van der Waals surface area contributed by atoms with Gasteiger partial charge in [0.25, 0.3) is 17.3 Å². The average Bonchev–Trinajstić information content (AvgIpc) is 2.99. The highest BCUT2D eigenvalue weighted by Crippen LogP contribution is 2.38. The van der Waals surface area contributed by atoms with Crippen LogP contribution in [0.25, 0.3) is 0 Å². The summed E-state index contributed by atoms with van der Waals surface area (Å²) in [6.07, 6.45) is 4.43. The summed E-state index contributed by atoms with van der Waals surface area (Å²) in [4.78, 5) is 51.5. The maximum Gasteiger partial charge on any atom is 0.283 e. The molecule has 1 aliphatic carbocycles. The second-order valence-electron chi connectivity index (χ2n) is 9.73. The summed E-state index contributed by atoms with van der Waals surface area (Å²) in [5.74, 6) is -0.818. The summed E-state index contributed by atoms with van der Waals surface area (Å²) in [5.41, 5.74) is -0.634. The Kier molecular flexibility index (Phi) is 9.58. The fraction of sp³-hybridized carbons (Fsp3) is 0.310. The van der Waals surface area contributed by atoms with Crippen LogP contribution in [0, 0.1) is 20.2 Å². The van der Waals surface area contributed by atoms with E-state index in [0.29, 0.717) is 5.75 Å². The molecule has 0 saturated heterocycles. The lowest BCUT2D eigenvalue weighted by Crippen LogP contribution is -2.47. The van der Waals surface area contributed by atoms with Gasteiger partial charge in [-0.25, -0.2) is 0 Å². The van der Waals surface area contributed by atoms with Crippen LogP contribution in [-0.4, -0.2) is 41.9 Å². The van der Waals surface area contributed by atoms with E-state index in [4.69, 9.17) is 21.1 Å². The normalized spacial score (nSPS) is 14.0. The molecule has 3 aromatic rings. The standard InChI is InChI=1S/C29H29ClN4O8/c1-41-25-15-13-22(17-26(25)42-2)32(29(36)23-14-10-19(30)16-24(23)34(39)40)27(18-8-11-21(12-9-18)33(37)38)28(35)31-20-6-4-3-5-7-20/h8-17,20,27H,3-7H2,1-2H3,(H,31,35). The Morgan fingerprint density at radius 2 is 1.57 bits per heavy atom. The number of methoxy groups -OCH3 is 2. The summed E-state index contributed by atoms with van der Waals surface area (Å²) in [7, 11) is 2.84. The lowest BCUT2D eigenvalue weighted by atomic mass is 9.94. The largest absolute Gasteiger partial charge is 0.493 e. The molecule has 1 saturated carbocycles. The van der Waals surface area contributed by atoms with Gasteiger partial charge < -0.3 is 14.8 Å². The minimum absolute atomic E-state index is 0.0536. The summed E-state index contributed by atoms with van der Waals surface area (Å²) >= 11 is 6.01. The number of nitrogens with zero attached hydrogens (tertiary/aromatic N) is 3. The van der Waals surface area contributed by atoms with Crippen LogP contribution in [0.3, 0.4) is 0 Å². The first kappa shape index (κ1) is 30.3. The molecule has 0 aromatic heterocycles. The van der Waals surface area contributed by atoms with E-state index in [-0.39, 0.29) is 39.3 Å². The number of amides is 2. The topological polar surface area (TPSA) is 154 Å². The molecule has 12 nitrogen and oxygen atoms in total. The van der Waals surface area contributed by atoms with Gasteiger partial charge in [0.2, 0.25) is 5.91 Å². The Labute approximate surface area is 246 Å². The van der Waals surface area contributed by atoms with E-state index in [0.717, 1.165) is 43.1 Å². The van der Waals surface area contributed by atoms with Crippen molar-refractivity contribution in [2.45, 2.75) is 44.2 Å². The van der Waals surface area contributed by atoms with Crippen molar-refractivity contribution in [3.8, 4) is 11.5 Å². The van der Waals surface area contributed by atoms with Crippen molar-refractivity contribution in [2.75, 3.05) is 19.1 Å². The Hall–Kier alpha value is -4.71. The van der Waals surface area contributed by atoms with Crippen LogP contribution in [0.1, 0.15) is 54.1 Å². The van der Waals surface area contributed by atoms with E-state index >= 15 is 0 Å². The number of benzene rings is 3. The van der Waals surface area contributed by atoms with Crippen LogP contribution >= 0.6 is 11.6 Å². The number of halogens is 1. The van der Waals surface area contributed by atoms with Gasteiger partial charge in [-0.15, -0.1) is 0 Å². The van der Waals surface area contributed by atoms with Crippen molar-refractivity contribution in [1.29, 1.82) is 0 Å². The lowest BCUT2D eigenvalue weighted by molar-refractivity contribution is -0.385. The summed E-state index contributed by atoms with van der Waals surface area (Å²) in [6.45, 7) is 0. The summed E-state index contributed by atoms with van der Waals surface area (Å²) in [5, 5.41) is 26.4. The van der Waals surface area contributed by atoms with E-state index in [2.05, 4.69) is 5.32 Å².